The van der Waals surface area contributed by atoms with Crippen LogP contribution in [0.15, 0.2) is 51.8 Å². The van der Waals surface area contributed by atoms with E-state index < -0.39 is 10.0 Å². The van der Waals surface area contributed by atoms with Crippen LogP contribution >= 0.6 is 27.5 Å². The second-order valence-corrected chi connectivity index (χ2v) is 7.05. The summed E-state index contributed by atoms with van der Waals surface area (Å²) >= 11 is 9.09. The van der Waals surface area contributed by atoms with Crippen LogP contribution < -0.4 is 9.46 Å². The minimum atomic E-state index is -3.71. The van der Waals surface area contributed by atoms with E-state index in [1.807, 2.05) is 6.92 Å². The number of para-hydroxylation sites is 2. The summed E-state index contributed by atoms with van der Waals surface area (Å²) in [5.74, 6) is 0.483. The van der Waals surface area contributed by atoms with Crippen molar-refractivity contribution in [2.45, 2.75) is 11.8 Å². The molecule has 2 aromatic rings. The SMILES string of the molecule is CCOc1ccccc1NS(=O)(=O)c1ccc(Cl)c(Br)c1. The number of anilines is 1. The van der Waals surface area contributed by atoms with Crippen LogP contribution in [0.25, 0.3) is 0 Å². The summed E-state index contributed by atoms with van der Waals surface area (Å²) in [7, 11) is -3.71. The van der Waals surface area contributed by atoms with Crippen LogP contribution in [0.2, 0.25) is 5.02 Å². The van der Waals surface area contributed by atoms with Crippen molar-refractivity contribution in [1.82, 2.24) is 0 Å². The van der Waals surface area contributed by atoms with Crippen molar-refractivity contribution >= 4 is 43.2 Å². The van der Waals surface area contributed by atoms with E-state index in [2.05, 4.69) is 20.7 Å². The summed E-state index contributed by atoms with van der Waals surface area (Å²) in [6.07, 6.45) is 0. The molecular weight excluding hydrogens is 378 g/mol. The predicted molar refractivity (Wildman–Crippen MR) is 87.6 cm³/mol. The van der Waals surface area contributed by atoms with Gasteiger partial charge in [-0.25, -0.2) is 8.42 Å². The molecule has 0 unspecified atom stereocenters. The Morgan fingerprint density at radius 3 is 2.62 bits per heavy atom. The summed E-state index contributed by atoms with van der Waals surface area (Å²) in [6.45, 7) is 2.28. The highest BCUT2D eigenvalue weighted by Crippen LogP contribution is 2.29. The quantitative estimate of drug-likeness (QED) is 0.828. The first-order valence-electron chi connectivity index (χ1n) is 6.13. The van der Waals surface area contributed by atoms with Crippen molar-refractivity contribution in [3.63, 3.8) is 0 Å². The van der Waals surface area contributed by atoms with Crippen LogP contribution in [0, 0.1) is 0 Å². The van der Waals surface area contributed by atoms with Gasteiger partial charge in [-0.05, 0) is 53.2 Å². The van der Waals surface area contributed by atoms with Crippen molar-refractivity contribution < 1.29 is 13.2 Å². The molecule has 0 fully saturated rings. The summed E-state index contributed by atoms with van der Waals surface area (Å²) in [6, 6.07) is 11.3. The Labute approximate surface area is 137 Å². The third kappa shape index (κ3) is 3.90. The minimum absolute atomic E-state index is 0.116. The molecule has 0 aromatic heterocycles. The van der Waals surface area contributed by atoms with Gasteiger partial charge in [0.05, 0.1) is 22.2 Å². The van der Waals surface area contributed by atoms with Gasteiger partial charge >= 0.3 is 0 Å². The van der Waals surface area contributed by atoms with E-state index in [-0.39, 0.29) is 4.90 Å². The molecule has 0 saturated carbocycles. The van der Waals surface area contributed by atoms with Gasteiger partial charge in [-0.2, -0.15) is 0 Å². The van der Waals surface area contributed by atoms with Crippen LogP contribution in [0.1, 0.15) is 6.92 Å². The topological polar surface area (TPSA) is 55.4 Å². The van der Waals surface area contributed by atoms with Crippen molar-refractivity contribution in [3.8, 4) is 5.75 Å². The molecule has 0 atom stereocenters. The number of benzene rings is 2. The van der Waals surface area contributed by atoms with E-state index >= 15 is 0 Å². The Morgan fingerprint density at radius 2 is 1.95 bits per heavy atom. The normalized spacial score (nSPS) is 11.2. The lowest BCUT2D eigenvalue weighted by molar-refractivity contribution is 0.342. The van der Waals surface area contributed by atoms with Crippen molar-refractivity contribution in [2.75, 3.05) is 11.3 Å². The summed E-state index contributed by atoms with van der Waals surface area (Å²) in [5.41, 5.74) is 0.394. The van der Waals surface area contributed by atoms with E-state index in [4.69, 9.17) is 16.3 Å². The molecule has 2 rings (SSSR count). The van der Waals surface area contributed by atoms with Crippen molar-refractivity contribution in [3.05, 3.63) is 52.0 Å². The van der Waals surface area contributed by atoms with Gasteiger partial charge in [-0.1, -0.05) is 23.7 Å². The standard InChI is InChI=1S/C14H13BrClNO3S/c1-2-20-14-6-4-3-5-13(14)17-21(18,19)10-7-8-12(16)11(15)9-10/h3-9,17H,2H2,1H3. The Hall–Kier alpha value is -1.24. The molecule has 0 aliphatic carbocycles. The number of rotatable bonds is 5. The lowest BCUT2D eigenvalue weighted by atomic mass is 10.3. The van der Waals surface area contributed by atoms with Gasteiger partial charge in [0.1, 0.15) is 5.75 Å². The van der Waals surface area contributed by atoms with Gasteiger partial charge in [0.15, 0.2) is 0 Å². The number of hydrogen-bond donors (Lipinski definition) is 1. The van der Waals surface area contributed by atoms with Crippen LogP contribution in [0.5, 0.6) is 5.75 Å². The first-order chi connectivity index (χ1) is 9.94. The largest absolute Gasteiger partial charge is 0.492 e. The molecule has 4 nitrogen and oxygen atoms in total. The van der Waals surface area contributed by atoms with Crippen LogP contribution in [0.4, 0.5) is 5.69 Å². The first-order valence-corrected chi connectivity index (χ1v) is 8.79. The molecule has 0 spiro atoms. The average Bonchev–Trinajstić information content (AvgIpc) is 2.44. The van der Waals surface area contributed by atoms with Gasteiger partial charge < -0.3 is 4.74 Å². The van der Waals surface area contributed by atoms with Gasteiger partial charge in [0, 0.05) is 4.47 Å². The zero-order chi connectivity index (χ0) is 15.5. The molecule has 7 heteroatoms. The minimum Gasteiger partial charge on any atom is -0.492 e. The average molecular weight is 391 g/mol. The number of hydrogen-bond acceptors (Lipinski definition) is 3. The number of sulfonamides is 1. The van der Waals surface area contributed by atoms with Crippen LogP contribution in [0.3, 0.4) is 0 Å². The Morgan fingerprint density at radius 1 is 1.24 bits per heavy atom. The number of halogens is 2. The maximum Gasteiger partial charge on any atom is 0.262 e. The maximum absolute atomic E-state index is 12.4. The third-order valence-electron chi connectivity index (χ3n) is 2.63. The monoisotopic (exact) mass is 389 g/mol. The first kappa shape index (κ1) is 16.1. The summed E-state index contributed by atoms with van der Waals surface area (Å²) < 4.78 is 33.2. The maximum atomic E-state index is 12.4. The van der Waals surface area contributed by atoms with E-state index in [1.54, 1.807) is 24.3 Å². The highest BCUT2D eigenvalue weighted by molar-refractivity contribution is 9.10. The molecule has 112 valence electrons. The smallest absolute Gasteiger partial charge is 0.262 e. The van der Waals surface area contributed by atoms with Crippen molar-refractivity contribution in [2.24, 2.45) is 0 Å². The molecule has 1 N–H and O–H groups in total. The van der Waals surface area contributed by atoms with Gasteiger partial charge in [-0.15, -0.1) is 0 Å². The van der Waals surface area contributed by atoms with E-state index in [0.29, 0.717) is 27.5 Å². The predicted octanol–water partition coefficient (Wildman–Crippen LogP) is 4.30. The molecule has 0 heterocycles. The van der Waals surface area contributed by atoms with Crippen molar-refractivity contribution in [1.29, 1.82) is 0 Å². The molecule has 0 radical (unpaired) electrons. The Balaban J connectivity index is 2.35. The Kier molecular flexibility index (Phi) is 5.13. The second kappa shape index (κ2) is 6.68. The van der Waals surface area contributed by atoms with E-state index in [0.717, 1.165) is 0 Å². The van der Waals surface area contributed by atoms with E-state index in [1.165, 1.54) is 18.2 Å². The highest BCUT2D eigenvalue weighted by Gasteiger charge is 2.17. The molecule has 0 aliphatic heterocycles. The van der Waals surface area contributed by atoms with Crippen LogP contribution in [-0.2, 0) is 10.0 Å². The highest BCUT2D eigenvalue weighted by atomic mass is 79.9. The Bertz CT molecular complexity index is 750. The lowest BCUT2D eigenvalue weighted by Gasteiger charge is -2.13. The van der Waals surface area contributed by atoms with Gasteiger partial charge in [0.25, 0.3) is 10.0 Å². The molecular formula is C14H13BrClNO3S. The summed E-state index contributed by atoms with van der Waals surface area (Å²) in [4.78, 5) is 0.116. The second-order valence-electron chi connectivity index (χ2n) is 4.11. The van der Waals surface area contributed by atoms with E-state index in [9.17, 15) is 8.42 Å². The van der Waals surface area contributed by atoms with Gasteiger partial charge in [-0.3, -0.25) is 4.72 Å². The fourth-order valence-corrected chi connectivity index (χ4v) is 3.42. The molecule has 0 bridgehead atoms. The zero-order valence-electron chi connectivity index (χ0n) is 11.1. The van der Waals surface area contributed by atoms with Gasteiger partial charge in [0.2, 0.25) is 0 Å². The summed E-state index contributed by atoms with van der Waals surface area (Å²) in [5, 5.41) is 0.448. The fraction of sp³-hybridized carbons (Fsp3) is 0.143. The zero-order valence-corrected chi connectivity index (χ0v) is 14.3. The molecule has 21 heavy (non-hydrogen) atoms. The number of nitrogens with one attached hydrogen (secondary N) is 1. The molecule has 0 aliphatic rings. The fourth-order valence-electron chi connectivity index (χ4n) is 1.68. The molecule has 0 saturated heterocycles. The molecule has 2 aromatic carbocycles. The lowest BCUT2D eigenvalue weighted by Crippen LogP contribution is -2.14. The number of ether oxygens (including phenoxy) is 1. The third-order valence-corrected chi connectivity index (χ3v) is 5.21. The van der Waals surface area contributed by atoms with Crippen LogP contribution in [-0.4, -0.2) is 15.0 Å². The molecule has 0 amide bonds.